The highest BCUT2D eigenvalue weighted by Gasteiger charge is 2.40. The van der Waals surface area contributed by atoms with Gasteiger partial charge in [-0.25, -0.2) is 13.1 Å². The molecule has 1 spiro atoms. The van der Waals surface area contributed by atoms with E-state index in [1.165, 1.54) is 48.8 Å². The summed E-state index contributed by atoms with van der Waals surface area (Å²) in [5, 5.41) is 12.5. The Hall–Kier alpha value is -2.58. The average molecular weight is 494 g/mol. The molecule has 0 N–H and O–H groups in total. The number of hydrogen-bond donors (Lipinski definition) is 0. The van der Waals surface area contributed by atoms with Gasteiger partial charge in [0.2, 0.25) is 0 Å². The van der Waals surface area contributed by atoms with Crippen molar-refractivity contribution in [3.63, 3.8) is 0 Å². The van der Waals surface area contributed by atoms with Gasteiger partial charge >= 0.3 is 0 Å². The Kier molecular flexibility index (Phi) is 6.77. The van der Waals surface area contributed by atoms with Crippen molar-refractivity contribution < 1.29 is 8.42 Å². The fraction of sp³-hybridized carbons (Fsp3) is 0.519. The molecule has 35 heavy (non-hydrogen) atoms. The summed E-state index contributed by atoms with van der Waals surface area (Å²) >= 11 is 0. The molecule has 5 rings (SSSR count). The smallest absolute Gasteiger partial charge is 0.198 e. The minimum Gasteiger partial charge on any atom is -0.289 e. The summed E-state index contributed by atoms with van der Waals surface area (Å²) in [7, 11) is -3.60. The van der Waals surface area contributed by atoms with Crippen LogP contribution in [-0.4, -0.2) is 46.6 Å². The molecule has 1 atom stereocenters. The van der Waals surface area contributed by atoms with Crippen LogP contribution in [0.3, 0.4) is 0 Å². The van der Waals surface area contributed by atoms with Crippen molar-refractivity contribution in [3.05, 3.63) is 71.0 Å². The molecule has 1 aliphatic heterocycles. The SMILES string of the molecule is Cc1ccc(C(c2nnnn2CS(=O)(=O)c2ccc(C)cc2)N2CCCC3(CCCCC3)C2)cc1. The van der Waals surface area contributed by atoms with Crippen LogP contribution in [0.15, 0.2) is 53.4 Å². The standard InChI is InChI=1S/C27H35N5O2S/c1-21-7-11-23(12-8-21)25(31-18-6-17-27(19-31)15-4-3-5-16-27)26-28-29-30-32(26)20-35(33,34)24-13-9-22(2)10-14-24/h7-14,25H,3-6,15-20H2,1-2H3. The van der Waals surface area contributed by atoms with E-state index in [4.69, 9.17) is 0 Å². The van der Waals surface area contributed by atoms with Gasteiger partial charge in [0, 0.05) is 6.54 Å². The van der Waals surface area contributed by atoms with Gasteiger partial charge in [-0.05, 0) is 79.6 Å². The molecular formula is C27H35N5O2S. The van der Waals surface area contributed by atoms with Crippen LogP contribution in [0.5, 0.6) is 0 Å². The molecule has 2 aliphatic rings. The maximum absolute atomic E-state index is 13.3. The van der Waals surface area contributed by atoms with E-state index in [0.717, 1.165) is 30.6 Å². The maximum atomic E-state index is 13.3. The molecule has 1 aromatic heterocycles. The summed E-state index contributed by atoms with van der Waals surface area (Å²) in [6.45, 7) is 5.98. The van der Waals surface area contributed by atoms with Crippen molar-refractivity contribution in [2.24, 2.45) is 5.41 Å². The van der Waals surface area contributed by atoms with Gasteiger partial charge in [-0.1, -0.05) is 66.8 Å². The van der Waals surface area contributed by atoms with E-state index >= 15 is 0 Å². The van der Waals surface area contributed by atoms with Crippen LogP contribution in [0, 0.1) is 19.3 Å². The predicted molar refractivity (Wildman–Crippen MR) is 136 cm³/mol. The molecule has 8 heteroatoms. The van der Waals surface area contributed by atoms with Crippen molar-refractivity contribution >= 4 is 9.84 Å². The topological polar surface area (TPSA) is 81.0 Å². The fourth-order valence-corrected chi connectivity index (χ4v) is 7.13. The first-order valence-electron chi connectivity index (χ1n) is 12.7. The first-order chi connectivity index (χ1) is 16.9. The highest BCUT2D eigenvalue weighted by Crippen LogP contribution is 2.45. The van der Waals surface area contributed by atoms with E-state index in [9.17, 15) is 8.42 Å². The Balaban J connectivity index is 1.50. The third kappa shape index (κ3) is 5.19. The summed E-state index contributed by atoms with van der Waals surface area (Å²) in [6, 6.07) is 15.3. The Bertz CT molecular complexity index is 1240. The summed E-state index contributed by atoms with van der Waals surface area (Å²) in [5.41, 5.74) is 3.67. The molecule has 1 saturated heterocycles. The Morgan fingerprint density at radius 1 is 0.886 bits per heavy atom. The lowest BCUT2D eigenvalue weighted by Gasteiger charge is -2.47. The van der Waals surface area contributed by atoms with Crippen LogP contribution in [0.25, 0.3) is 0 Å². The molecule has 1 aliphatic carbocycles. The van der Waals surface area contributed by atoms with Gasteiger partial charge in [-0.3, -0.25) is 4.90 Å². The lowest BCUT2D eigenvalue weighted by Crippen LogP contribution is -2.46. The van der Waals surface area contributed by atoms with E-state index in [2.05, 4.69) is 51.6 Å². The zero-order chi connectivity index (χ0) is 24.5. The molecule has 0 radical (unpaired) electrons. The maximum Gasteiger partial charge on any atom is 0.198 e. The number of hydrogen-bond acceptors (Lipinski definition) is 6. The monoisotopic (exact) mass is 493 g/mol. The summed E-state index contributed by atoms with van der Waals surface area (Å²) in [5.74, 6) is 0.317. The molecule has 1 unspecified atom stereocenters. The van der Waals surface area contributed by atoms with Gasteiger partial charge in [0.25, 0.3) is 0 Å². The number of sulfone groups is 1. The first kappa shape index (κ1) is 24.1. The third-order valence-electron chi connectivity index (χ3n) is 7.84. The Labute approximate surface area is 208 Å². The van der Waals surface area contributed by atoms with Gasteiger partial charge in [-0.2, -0.15) is 0 Å². The zero-order valence-electron chi connectivity index (χ0n) is 20.7. The van der Waals surface area contributed by atoms with Crippen LogP contribution >= 0.6 is 0 Å². The second kappa shape index (κ2) is 9.82. The predicted octanol–water partition coefficient (Wildman–Crippen LogP) is 4.86. The largest absolute Gasteiger partial charge is 0.289 e. The second-order valence-corrected chi connectivity index (χ2v) is 12.5. The van der Waals surface area contributed by atoms with Gasteiger partial charge in [0.15, 0.2) is 21.5 Å². The molecule has 2 aromatic carbocycles. The van der Waals surface area contributed by atoms with Crippen molar-refractivity contribution in [2.75, 3.05) is 13.1 Å². The third-order valence-corrected chi connectivity index (χ3v) is 9.41. The van der Waals surface area contributed by atoms with Crippen LogP contribution in [0.4, 0.5) is 0 Å². The molecule has 2 fully saturated rings. The number of aryl methyl sites for hydroxylation is 2. The molecule has 7 nitrogen and oxygen atoms in total. The van der Waals surface area contributed by atoms with Crippen LogP contribution in [0.2, 0.25) is 0 Å². The van der Waals surface area contributed by atoms with Crippen molar-refractivity contribution in [1.29, 1.82) is 0 Å². The molecule has 2 heterocycles. The molecule has 1 saturated carbocycles. The number of piperidine rings is 1. The average Bonchev–Trinajstić information content (AvgIpc) is 3.28. The minimum absolute atomic E-state index is 0.182. The summed E-state index contributed by atoms with van der Waals surface area (Å²) < 4.78 is 28.0. The highest BCUT2D eigenvalue weighted by molar-refractivity contribution is 7.90. The zero-order valence-corrected chi connectivity index (χ0v) is 21.5. The van der Waals surface area contributed by atoms with Crippen molar-refractivity contribution in [3.8, 4) is 0 Å². The number of aromatic nitrogens is 4. The number of rotatable bonds is 6. The quantitative estimate of drug-likeness (QED) is 0.488. The van der Waals surface area contributed by atoms with Gasteiger partial charge in [0.1, 0.15) is 0 Å². The van der Waals surface area contributed by atoms with E-state index in [1.54, 1.807) is 12.1 Å². The Morgan fingerprint density at radius 3 is 2.20 bits per heavy atom. The van der Waals surface area contributed by atoms with E-state index in [0.29, 0.717) is 11.2 Å². The van der Waals surface area contributed by atoms with Gasteiger partial charge in [0.05, 0.1) is 10.9 Å². The lowest BCUT2D eigenvalue weighted by molar-refractivity contribution is 0.0343. The molecular weight excluding hydrogens is 458 g/mol. The van der Waals surface area contributed by atoms with Crippen molar-refractivity contribution in [1.82, 2.24) is 25.1 Å². The molecule has 3 aromatic rings. The van der Waals surface area contributed by atoms with Crippen LogP contribution in [0.1, 0.15) is 73.5 Å². The highest BCUT2D eigenvalue weighted by atomic mass is 32.2. The normalized spacial score (nSPS) is 19.6. The van der Waals surface area contributed by atoms with E-state index in [1.807, 2.05) is 19.1 Å². The van der Waals surface area contributed by atoms with E-state index in [-0.39, 0.29) is 16.8 Å². The lowest BCUT2D eigenvalue weighted by atomic mass is 9.69. The number of tetrazole rings is 1. The second-order valence-electron chi connectivity index (χ2n) is 10.5. The first-order valence-corrected chi connectivity index (χ1v) is 14.4. The molecule has 0 amide bonds. The summed E-state index contributed by atoms with van der Waals surface area (Å²) in [6.07, 6.45) is 8.90. The molecule has 186 valence electrons. The number of nitrogens with zero attached hydrogens (tertiary/aromatic N) is 5. The fourth-order valence-electron chi connectivity index (χ4n) is 5.93. The Morgan fingerprint density at radius 2 is 1.51 bits per heavy atom. The van der Waals surface area contributed by atoms with Crippen LogP contribution in [-0.2, 0) is 15.7 Å². The van der Waals surface area contributed by atoms with Gasteiger partial charge in [-0.15, -0.1) is 5.10 Å². The molecule has 0 bridgehead atoms. The summed E-state index contributed by atoms with van der Waals surface area (Å²) in [4.78, 5) is 2.79. The number of likely N-dealkylation sites (tertiary alicyclic amines) is 1. The van der Waals surface area contributed by atoms with E-state index < -0.39 is 9.84 Å². The number of benzene rings is 2. The van der Waals surface area contributed by atoms with Gasteiger partial charge < -0.3 is 0 Å². The minimum atomic E-state index is -3.60. The van der Waals surface area contributed by atoms with Crippen LogP contribution < -0.4 is 0 Å². The van der Waals surface area contributed by atoms with Crippen molar-refractivity contribution in [2.45, 2.75) is 75.6 Å².